The first-order valence-corrected chi connectivity index (χ1v) is 15.0. The molecule has 0 heterocycles. The maximum Gasteiger partial charge on any atom is 0.243 e. The summed E-state index contributed by atoms with van der Waals surface area (Å²) in [7, 11) is -3.55. The maximum absolute atomic E-state index is 13.5. The van der Waals surface area contributed by atoms with Gasteiger partial charge in [0.25, 0.3) is 0 Å². The molecule has 0 saturated carbocycles. The minimum absolute atomic E-state index is 0.0142. The smallest absolute Gasteiger partial charge is 0.243 e. The molecule has 2 rings (SSSR count). The number of benzene rings is 2. The molecule has 37 heavy (non-hydrogen) atoms. The van der Waals surface area contributed by atoms with Gasteiger partial charge in [-0.25, -0.2) is 8.42 Å². The molecule has 0 unspecified atom stereocenters. The van der Waals surface area contributed by atoms with E-state index in [-0.39, 0.29) is 37.4 Å². The lowest BCUT2D eigenvalue weighted by atomic mass is 10.1. The quantitative estimate of drug-likeness (QED) is 0.371. The number of nitrogens with zero attached hydrogens (tertiary/aromatic N) is 2. The van der Waals surface area contributed by atoms with Gasteiger partial charge in [-0.15, -0.1) is 0 Å². The molecule has 0 radical (unpaired) electrons. The normalized spacial score (nSPS) is 13.1. The summed E-state index contributed by atoms with van der Waals surface area (Å²) in [5.74, 6) is -0.425. The van der Waals surface area contributed by atoms with E-state index in [0.29, 0.717) is 23.6 Å². The molecular formula is C28H40ClN3O4S. The first kappa shape index (κ1) is 30.6. The van der Waals surface area contributed by atoms with Crippen molar-refractivity contribution in [1.29, 1.82) is 0 Å². The third-order valence-corrected chi connectivity index (χ3v) is 8.02. The number of aryl methyl sites for hydroxylation is 2. The molecule has 0 fully saturated rings. The number of hydrogen-bond donors (Lipinski definition) is 1. The minimum atomic E-state index is -3.55. The van der Waals surface area contributed by atoms with Crippen LogP contribution in [0, 0.1) is 13.8 Å². The molecule has 2 aromatic carbocycles. The molecule has 0 aliphatic carbocycles. The van der Waals surface area contributed by atoms with Crippen LogP contribution in [0.15, 0.2) is 42.5 Å². The average Bonchev–Trinajstić information content (AvgIpc) is 2.83. The molecule has 0 aliphatic heterocycles. The molecule has 9 heteroatoms. The second kappa shape index (κ2) is 13.8. The minimum Gasteiger partial charge on any atom is -0.352 e. The molecule has 0 saturated heterocycles. The molecule has 0 spiro atoms. The van der Waals surface area contributed by atoms with E-state index in [0.717, 1.165) is 23.1 Å². The predicted octanol–water partition coefficient (Wildman–Crippen LogP) is 5.23. The number of anilines is 1. The molecule has 2 amide bonds. The first-order valence-electron chi connectivity index (χ1n) is 12.8. The summed E-state index contributed by atoms with van der Waals surface area (Å²) < 4.78 is 26.6. The van der Waals surface area contributed by atoms with Crippen LogP contribution >= 0.6 is 11.6 Å². The number of carbonyl (C=O) groups is 2. The van der Waals surface area contributed by atoms with E-state index >= 15 is 0 Å². The van der Waals surface area contributed by atoms with Crippen LogP contribution in [0.1, 0.15) is 63.1 Å². The van der Waals surface area contributed by atoms with Crippen molar-refractivity contribution >= 4 is 39.1 Å². The summed E-state index contributed by atoms with van der Waals surface area (Å²) in [6.07, 6.45) is 2.79. The third-order valence-electron chi connectivity index (χ3n) is 6.47. The summed E-state index contributed by atoms with van der Waals surface area (Å²) in [5, 5.41) is 3.51. The van der Waals surface area contributed by atoms with E-state index in [9.17, 15) is 18.0 Å². The van der Waals surface area contributed by atoms with Gasteiger partial charge in [0, 0.05) is 30.6 Å². The van der Waals surface area contributed by atoms with E-state index in [1.54, 1.807) is 11.0 Å². The zero-order valence-electron chi connectivity index (χ0n) is 22.8. The van der Waals surface area contributed by atoms with Crippen LogP contribution < -0.4 is 9.62 Å². The Morgan fingerprint density at radius 1 is 1.05 bits per heavy atom. The van der Waals surface area contributed by atoms with Gasteiger partial charge in [0.05, 0.1) is 11.9 Å². The first-order chi connectivity index (χ1) is 17.4. The molecule has 0 aromatic heterocycles. The molecule has 2 aromatic rings. The Hall–Kier alpha value is -2.58. The second-order valence-electron chi connectivity index (χ2n) is 9.58. The number of halogens is 1. The van der Waals surface area contributed by atoms with Gasteiger partial charge in [0.15, 0.2) is 0 Å². The van der Waals surface area contributed by atoms with Crippen molar-refractivity contribution < 1.29 is 18.0 Å². The van der Waals surface area contributed by atoms with Crippen molar-refractivity contribution in [1.82, 2.24) is 10.2 Å². The highest BCUT2D eigenvalue weighted by atomic mass is 35.5. The molecular weight excluding hydrogens is 510 g/mol. The number of nitrogens with one attached hydrogen (secondary N) is 1. The highest BCUT2D eigenvalue weighted by Crippen LogP contribution is 2.25. The SMILES string of the molecule is CC[C@@H](C)NC(=O)[C@H](CC)N(Cc1ccccc1Cl)C(=O)CCCN(c1cc(C)ccc1C)S(C)(=O)=O. The van der Waals surface area contributed by atoms with E-state index in [2.05, 4.69) is 5.32 Å². The number of hydrogen-bond acceptors (Lipinski definition) is 4. The third kappa shape index (κ3) is 8.75. The fraction of sp³-hybridized carbons (Fsp3) is 0.500. The maximum atomic E-state index is 13.5. The Morgan fingerprint density at radius 3 is 2.32 bits per heavy atom. The largest absolute Gasteiger partial charge is 0.352 e. The van der Waals surface area contributed by atoms with Crippen LogP contribution in [-0.2, 0) is 26.2 Å². The standard InChI is InChI=1S/C28H40ClN3O4S/c1-7-22(5)30-28(34)25(8-2)31(19-23-12-9-10-13-24(23)29)27(33)14-11-17-32(37(6,35)36)26-18-20(3)15-16-21(26)4/h9-10,12-13,15-16,18,22,25H,7-8,11,14,17,19H2,1-6H3,(H,30,34)/t22-,25+/m1/s1. The summed E-state index contributed by atoms with van der Waals surface area (Å²) in [6.45, 7) is 9.92. The molecule has 0 aliphatic rings. The topological polar surface area (TPSA) is 86.8 Å². The van der Waals surface area contributed by atoms with Gasteiger partial charge in [0.1, 0.15) is 6.04 Å². The zero-order valence-corrected chi connectivity index (χ0v) is 24.3. The van der Waals surface area contributed by atoms with Crippen LogP contribution in [0.5, 0.6) is 0 Å². The van der Waals surface area contributed by atoms with Gasteiger partial charge >= 0.3 is 0 Å². The van der Waals surface area contributed by atoms with Crippen LogP contribution in [0.4, 0.5) is 5.69 Å². The number of amides is 2. The molecule has 2 atom stereocenters. The van der Waals surface area contributed by atoms with E-state index in [1.807, 2.05) is 71.0 Å². The van der Waals surface area contributed by atoms with Crippen molar-refractivity contribution in [2.75, 3.05) is 17.1 Å². The van der Waals surface area contributed by atoms with Crippen molar-refractivity contribution in [3.8, 4) is 0 Å². The summed E-state index contributed by atoms with van der Waals surface area (Å²) in [5.41, 5.74) is 3.16. The van der Waals surface area contributed by atoms with Gasteiger partial charge in [-0.05, 0) is 68.9 Å². The fourth-order valence-electron chi connectivity index (χ4n) is 4.14. The molecule has 0 bridgehead atoms. The average molecular weight is 550 g/mol. The van der Waals surface area contributed by atoms with Gasteiger partial charge < -0.3 is 10.2 Å². The monoisotopic (exact) mass is 549 g/mol. The van der Waals surface area contributed by atoms with Gasteiger partial charge in [-0.3, -0.25) is 13.9 Å². The summed E-state index contributed by atoms with van der Waals surface area (Å²) in [6, 6.07) is 12.3. The Morgan fingerprint density at radius 2 is 1.73 bits per heavy atom. The van der Waals surface area contributed by atoms with Crippen LogP contribution in [0.2, 0.25) is 5.02 Å². The van der Waals surface area contributed by atoms with E-state index < -0.39 is 16.1 Å². The lowest BCUT2D eigenvalue weighted by Crippen LogP contribution is -2.50. The van der Waals surface area contributed by atoms with Crippen molar-refractivity contribution in [2.45, 2.75) is 78.9 Å². The second-order valence-corrected chi connectivity index (χ2v) is 11.9. The summed E-state index contributed by atoms with van der Waals surface area (Å²) in [4.78, 5) is 28.2. The van der Waals surface area contributed by atoms with Crippen molar-refractivity contribution in [3.05, 3.63) is 64.2 Å². The molecule has 1 N–H and O–H groups in total. The number of sulfonamides is 1. The van der Waals surface area contributed by atoms with Crippen LogP contribution in [0.25, 0.3) is 0 Å². The molecule has 204 valence electrons. The van der Waals surface area contributed by atoms with Gasteiger partial charge in [-0.2, -0.15) is 0 Å². The zero-order chi connectivity index (χ0) is 27.8. The Labute approximate surface area is 227 Å². The van der Waals surface area contributed by atoms with Crippen molar-refractivity contribution in [2.24, 2.45) is 0 Å². The van der Waals surface area contributed by atoms with Crippen molar-refractivity contribution in [3.63, 3.8) is 0 Å². The fourth-order valence-corrected chi connectivity index (χ4v) is 5.35. The Balaban J connectivity index is 2.27. The van der Waals surface area contributed by atoms with Crippen LogP contribution in [-0.4, -0.2) is 50.0 Å². The lowest BCUT2D eigenvalue weighted by Gasteiger charge is -2.32. The number of carbonyl (C=O) groups excluding carboxylic acids is 2. The number of rotatable bonds is 13. The molecule has 7 nitrogen and oxygen atoms in total. The van der Waals surface area contributed by atoms with E-state index in [4.69, 9.17) is 11.6 Å². The highest BCUT2D eigenvalue weighted by Gasteiger charge is 2.30. The lowest BCUT2D eigenvalue weighted by molar-refractivity contribution is -0.141. The predicted molar refractivity (Wildman–Crippen MR) is 151 cm³/mol. The highest BCUT2D eigenvalue weighted by molar-refractivity contribution is 7.92. The van der Waals surface area contributed by atoms with Crippen LogP contribution in [0.3, 0.4) is 0 Å². The Bertz CT molecular complexity index is 1190. The van der Waals surface area contributed by atoms with Gasteiger partial charge in [-0.1, -0.05) is 55.8 Å². The van der Waals surface area contributed by atoms with E-state index in [1.165, 1.54) is 10.6 Å². The Kier molecular flexibility index (Phi) is 11.4. The summed E-state index contributed by atoms with van der Waals surface area (Å²) >= 11 is 6.39. The van der Waals surface area contributed by atoms with Gasteiger partial charge in [0.2, 0.25) is 21.8 Å².